The van der Waals surface area contributed by atoms with Crippen molar-refractivity contribution in [2.75, 3.05) is 0 Å². The van der Waals surface area contributed by atoms with Crippen LogP contribution < -0.4 is 0 Å². The van der Waals surface area contributed by atoms with Gasteiger partial charge in [0.05, 0.1) is 0 Å². The van der Waals surface area contributed by atoms with Crippen molar-refractivity contribution < 1.29 is 0 Å². The van der Waals surface area contributed by atoms with Gasteiger partial charge in [0, 0.05) is 0 Å². The van der Waals surface area contributed by atoms with Gasteiger partial charge in [0.15, 0.2) is 0 Å². The van der Waals surface area contributed by atoms with Gasteiger partial charge in [-0.15, -0.1) is 0 Å². The fraction of sp³-hybridized carbons (Fsp3) is 0.778. The molecule has 0 nitrogen and oxygen atoms in total. The quantitative estimate of drug-likeness (QED) is 0.431. The van der Waals surface area contributed by atoms with Gasteiger partial charge in [-0.05, 0) is 37.0 Å². The maximum atomic E-state index is 2.46. The molecule has 9 heavy (non-hydrogen) atoms. The maximum Gasteiger partial charge on any atom is -0.0103 e. The van der Waals surface area contributed by atoms with Crippen LogP contribution in [0.3, 0.4) is 0 Å². The summed E-state index contributed by atoms with van der Waals surface area (Å²) in [6.45, 7) is 2.46. The van der Waals surface area contributed by atoms with E-state index in [9.17, 15) is 0 Å². The molecule has 0 heterocycles. The normalized spacial score (nSPS) is 52.3. The second kappa shape index (κ2) is 1.00. The van der Waals surface area contributed by atoms with Crippen LogP contribution in [0.2, 0.25) is 0 Å². The summed E-state index contributed by atoms with van der Waals surface area (Å²) in [4.78, 5) is 0. The van der Waals surface area contributed by atoms with E-state index in [4.69, 9.17) is 0 Å². The molecule has 2 unspecified atom stereocenters. The molecule has 1 fully saturated rings. The molecule has 1 saturated carbocycles. The van der Waals surface area contributed by atoms with E-state index in [1.54, 1.807) is 0 Å². The summed E-state index contributed by atoms with van der Waals surface area (Å²) in [5.74, 6) is 1.11. The van der Waals surface area contributed by atoms with Crippen molar-refractivity contribution in [3.05, 3.63) is 11.1 Å². The fourth-order valence-corrected chi connectivity index (χ4v) is 2.44. The van der Waals surface area contributed by atoms with Gasteiger partial charge in [0.25, 0.3) is 0 Å². The lowest BCUT2D eigenvalue weighted by atomic mass is 9.96. The van der Waals surface area contributed by atoms with Crippen LogP contribution in [0.5, 0.6) is 0 Å². The maximum absolute atomic E-state index is 2.46. The Labute approximate surface area is 56.0 Å². The molecule has 0 amide bonds. The van der Waals surface area contributed by atoms with E-state index in [1.807, 2.05) is 11.1 Å². The van der Waals surface area contributed by atoms with Crippen molar-refractivity contribution in [3.8, 4) is 0 Å². The van der Waals surface area contributed by atoms with Crippen molar-refractivity contribution in [1.29, 1.82) is 0 Å². The average Bonchev–Trinajstić information content (AvgIpc) is 2.52. The van der Waals surface area contributed by atoms with E-state index in [2.05, 4.69) is 6.92 Å². The minimum atomic E-state index is 0.801. The Morgan fingerprint density at radius 2 is 2.33 bits per heavy atom. The Balaban J connectivity index is 1.98. The summed E-state index contributed by atoms with van der Waals surface area (Å²) in [5, 5.41) is 0. The second-order valence-electron chi connectivity index (χ2n) is 4.32. The van der Waals surface area contributed by atoms with Gasteiger partial charge in [0.1, 0.15) is 0 Å². The molecule has 3 rings (SSSR count). The van der Waals surface area contributed by atoms with Crippen molar-refractivity contribution in [1.82, 2.24) is 0 Å². The molecule has 0 radical (unpaired) electrons. The predicted molar refractivity (Wildman–Crippen MR) is 37.1 cm³/mol. The van der Waals surface area contributed by atoms with E-state index in [-0.39, 0.29) is 0 Å². The summed E-state index contributed by atoms with van der Waals surface area (Å²) in [7, 11) is 0. The standard InChI is InChI=1S/C9H12/c1-9-4-7-2-6(7)3-8(9)5-9/h8H,2-5H2,1H3. The van der Waals surface area contributed by atoms with Gasteiger partial charge in [-0.2, -0.15) is 0 Å². The Bertz CT molecular complexity index is 212. The van der Waals surface area contributed by atoms with Gasteiger partial charge in [0.2, 0.25) is 0 Å². The van der Waals surface area contributed by atoms with Crippen molar-refractivity contribution in [3.63, 3.8) is 0 Å². The van der Waals surface area contributed by atoms with Crippen LogP contribution in [0.4, 0.5) is 0 Å². The monoisotopic (exact) mass is 120 g/mol. The molecule has 0 aliphatic heterocycles. The highest BCUT2D eigenvalue weighted by molar-refractivity contribution is 5.41. The third kappa shape index (κ3) is 0.452. The number of hydrogen-bond acceptors (Lipinski definition) is 0. The average molecular weight is 120 g/mol. The summed E-state index contributed by atoms with van der Waals surface area (Å²) < 4.78 is 0. The van der Waals surface area contributed by atoms with Crippen LogP contribution in [0.25, 0.3) is 0 Å². The smallest absolute Gasteiger partial charge is 0.0103 e. The predicted octanol–water partition coefficient (Wildman–Crippen LogP) is 2.51. The van der Waals surface area contributed by atoms with Gasteiger partial charge in [-0.3, -0.25) is 0 Å². The topological polar surface area (TPSA) is 0 Å². The van der Waals surface area contributed by atoms with Gasteiger partial charge in [-0.25, -0.2) is 0 Å². The first-order valence-corrected chi connectivity index (χ1v) is 3.98. The highest BCUT2D eigenvalue weighted by Crippen LogP contribution is 2.67. The van der Waals surface area contributed by atoms with Gasteiger partial charge in [-0.1, -0.05) is 18.1 Å². The van der Waals surface area contributed by atoms with Crippen LogP contribution >= 0.6 is 0 Å². The molecule has 48 valence electrons. The van der Waals surface area contributed by atoms with Gasteiger partial charge < -0.3 is 0 Å². The van der Waals surface area contributed by atoms with Crippen LogP contribution in [0.15, 0.2) is 11.1 Å². The number of allylic oxidation sites excluding steroid dienone is 2. The van der Waals surface area contributed by atoms with Crippen molar-refractivity contribution in [2.45, 2.75) is 32.6 Å². The van der Waals surface area contributed by atoms with Crippen molar-refractivity contribution in [2.24, 2.45) is 11.3 Å². The SMILES string of the molecule is CC12CC3=C(C3)CC1C2. The Hall–Kier alpha value is -0.260. The first-order valence-electron chi connectivity index (χ1n) is 3.98. The van der Waals surface area contributed by atoms with E-state index >= 15 is 0 Å². The zero-order valence-corrected chi connectivity index (χ0v) is 5.91. The zero-order chi connectivity index (χ0) is 6.06. The van der Waals surface area contributed by atoms with E-state index < -0.39 is 0 Å². The van der Waals surface area contributed by atoms with Crippen molar-refractivity contribution >= 4 is 0 Å². The highest BCUT2D eigenvalue weighted by atomic mass is 14.6. The molecule has 0 aromatic heterocycles. The molecule has 0 bridgehead atoms. The summed E-state index contributed by atoms with van der Waals surface area (Å²) in [5.41, 5.74) is 4.45. The third-order valence-electron chi connectivity index (χ3n) is 3.45. The fourth-order valence-electron chi connectivity index (χ4n) is 2.44. The molecular formula is C9H12. The number of hydrogen-bond donors (Lipinski definition) is 0. The highest BCUT2D eigenvalue weighted by Gasteiger charge is 2.55. The molecule has 2 atom stereocenters. The van der Waals surface area contributed by atoms with E-state index in [0.717, 1.165) is 11.3 Å². The lowest BCUT2D eigenvalue weighted by molar-refractivity contribution is 0.494. The Morgan fingerprint density at radius 3 is 3.11 bits per heavy atom. The van der Waals surface area contributed by atoms with Crippen LogP contribution in [-0.4, -0.2) is 0 Å². The molecule has 0 N–H and O–H groups in total. The molecule has 3 aliphatic carbocycles. The first kappa shape index (κ1) is 4.54. The second-order valence-corrected chi connectivity index (χ2v) is 4.32. The third-order valence-corrected chi connectivity index (χ3v) is 3.45. The van der Waals surface area contributed by atoms with Gasteiger partial charge >= 0.3 is 0 Å². The lowest BCUT2D eigenvalue weighted by Crippen LogP contribution is -1.98. The van der Waals surface area contributed by atoms with E-state index in [1.165, 1.54) is 25.7 Å². The van der Waals surface area contributed by atoms with Crippen LogP contribution in [0.1, 0.15) is 32.6 Å². The Morgan fingerprint density at radius 1 is 1.44 bits per heavy atom. The summed E-state index contributed by atoms with van der Waals surface area (Å²) in [6.07, 6.45) is 5.89. The molecule has 0 saturated heterocycles. The largest absolute Gasteiger partial charge is 0.0663 e. The molecule has 0 spiro atoms. The summed E-state index contributed by atoms with van der Waals surface area (Å²) in [6, 6.07) is 0. The Kier molecular flexibility index (Phi) is 0.505. The van der Waals surface area contributed by atoms with Crippen LogP contribution in [-0.2, 0) is 0 Å². The number of rotatable bonds is 0. The molecule has 0 aromatic rings. The lowest BCUT2D eigenvalue weighted by Gasteiger charge is -2.09. The molecule has 0 aromatic carbocycles. The van der Waals surface area contributed by atoms with E-state index in [0.29, 0.717) is 0 Å². The molecular weight excluding hydrogens is 108 g/mol. The minimum absolute atomic E-state index is 0.801. The molecule has 3 aliphatic rings. The first-order chi connectivity index (χ1) is 4.28. The summed E-state index contributed by atoms with van der Waals surface area (Å²) >= 11 is 0. The minimum Gasteiger partial charge on any atom is -0.0663 e. The van der Waals surface area contributed by atoms with Crippen LogP contribution in [0, 0.1) is 11.3 Å². The molecule has 0 heteroatoms. The number of fused-ring (bicyclic) bond motifs is 1. The zero-order valence-electron chi connectivity index (χ0n) is 5.91.